The average Bonchev–Trinajstić information content (AvgIpc) is 1.63. The van der Waals surface area contributed by atoms with E-state index in [-0.39, 0.29) is 6.61 Å². The molecule has 47 valence electrons. The molecule has 0 saturated heterocycles. The second kappa shape index (κ2) is 3.02. The fourth-order valence-corrected chi connectivity index (χ4v) is 0.710. The first kappa shape index (κ1) is 6.02. The molecule has 8 heavy (non-hydrogen) atoms. The van der Waals surface area contributed by atoms with Gasteiger partial charge in [0.2, 0.25) is 0 Å². The molecule has 0 aliphatic heterocycles. The van der Waals surface area contributed by atoms with Crippen molar-refractivity contribution < 1.29 is 9.13 Å². The van der Waals surface area contributed by atoms with Crippen molar-refractivity contribution in [2.75, 3.05) is 6.61 Å². The monoisotopic (exact) mass is 117 g/mol. The summed E-state index contributed by atoms with van der Waals surface area (Å²) in [7, 11) is 0. The van der Waals surface area contributed by atoms with Gasteiger partial charge in [-0.15, -0.1) is 0 Å². The van der Waals surface area contributed by atoms with Gasteiger partial charge in [-0.1, -0.05) is 0 Å². The zero-order chi connectivity index (χ0) is 5.82. The van der Waals surface area contributed by atoms with Gasteiger partial charge in [0, 0.05) is 0 Å². The van der Waals surface area contributed by atoms with E-state index in [1.807, 2.05) is 0 Å². The molecule has 1 saturated carbocycles. The predicted molar refractivity (Wildman–Crippen MR) is 29.0 cm³/mol. The van der Waals surface area contributed by atoms with Gasteiger partial charge in [0.1, 0.15) is 0 Å². The van der Waals surface area contributed by atoms with Gasteiger partial charge in [0.25, 0.3) is 0 Å². The minimum Gasteiger partial charge on any atom is -0.375 e. The van der Waals surface area contributed by atoms with E-state index in [1.165, 1.54) is 6.42 Å². The van der Waals surface area contributed by atoms with Crippen molar-refractivity contribution in [3.05, 3.63) is 6.67 Å². The van der Waals surface area contributed by atoms with Crippen LogP contribution in [-0.2, 0) is 4.74 Å². The van der Waals surface area contributed by atoms with E-state index < -0.39 is 0 Å². The van der Waals surface area contributed by atoms with Crippen LogP contribution in [0.1, 0.15) is 19.3 Å². The maximum Gasteiger partial charge on any atom is 0.157 e. The molecule has 0 aromatic heterocycles. The summed E-state index contributed by atoms with van der Waals surface area (Å²) in [6.45, 7) is 0.725. The van der Waals surface area contributed by atoms with Gasteiger partial charge >= 0.3 is 0 Å². The topological polar surface area (TPSA) is 9.23 Å². The normalized spacial score (nSPS) is 20.6. The van der Waals surface area contributed by atoms with Crippen LogP contribution in [0.3, 0.4) is 0 Å². The molecular formula is C6H10FO. The summed E-state index contributed by atoms with van der Waals surface area (Å²) in [5.74, 6) is 0. The summed E-state index contributed by atoms with van der Waals surface area (Å²) in [4.78, 5) is 0. The Balaban J connectivity index is 1.86. The fraction of sp³-hybridized carbons (Fsp3) is 0.833. The summed E-state index contributed by atoms with van der Waals surface area (Å²) in [5.41, 5.74) is 0. The molecule has 0 N–H and O–H groups in total. The third-order valence-electron chi connectivity index (χ3n) is 1.45. The van der Waals surface area contributed by atoms with Gasteiger partial charge in [-0.25, -0.2) is 4.39 Å². The van der Waals surface area contributed by atoms with Crippen LogP contribution < -0.4 is 0 Å². The smallest absolute Gasteiger partial charge is 0.157 e. The molecule has 1 fully saturated rings. The maximum atomic E-state index is 11.3. The van der Waals surface area contributed by atoms with Crippen LogP contribution in [0.25, 0.3) is 0 Å². The second-order valence-electron chi connectivity index (χ2n) is 2.04. The molecule has 1 aliphatic carbocycles. The molecule has 1 radical (unpaired) electrons. The molecule has 0 unspecified atom stereocenters. The first-order valence-electron chi connectivity index (χ1n) is 2.97. The Labute approximate surface area is 48.8 Å². The fourth-order valence-electron chi connectivity index (χ4n) is 0.710. The van der Waals surface area contributed by atoms with E-state index in [0.717, 1.165) is 12.8 Å². The van der Waals surface area contributed by atoms with Crippen molar-refractivity contribution in [3.8, 4) is 0 Å². The van der Waals surface area contributed by atoms with Crippen LogP contribution in [0, 0.1) is 6.67 Å². The number of hydrogen-bond donors (Lipinski definition) is 0. The van der Waals surface area contributed by atoms with Gasteiger partial charge in [-0.3, -0.25) is 0 Å². The molecule has 0 aromatic rings. The molecule has 0 aromatic carbocycles. The average molecular weight is 117 g/mol. The summed E-state index contributed by atoms with van der Waals surface area (Å²) < 4.78 is 16.3. The van der Waals surface area contributed by atoms with E-state index in [1.54, 1.807) is 0 Å². The van der Waals surface area contributed by atoms with Crippen LogP contribution in [0.15, 0.2) is 0 Å². The van der Waals surface area contributed by atoms with Gasteiger partial charge in [0.15, 0.2) is 6.67 Å². The predicted octanol–water partition coefficient (Wildman–Crippen LogP) is 1.69. The van der Waals surface area contributed by atoms with E-state index in [0.29, 0.717) is 12.8 Å². The highest BCUT2D eigenvalue weighted by molar-refractivity contribution is 4.69. The minimum atomic E-state index is 0.171. The summed E-state index contributed by atoms with van der Waals surface area (Å²) in [6, 6.07) is 0. The van der Waals surface area contributed by atoms with E-state index in [4.69, 9.17) is 4.74 Å². The minimum absolute atomic E-state index is 0.171. The number of halogens is 1. The Hall–Kier alpha value is -0.110. The lowest BCUT2D eigenvalue weighted by atomic mass is 9.96. The van der Waals surface area contributed by atoms with E-state index in [9.17, 15) is 4.39 Å². The second-order valence-corrected chi connectivity index (χ2v) is 2.04. The molecule has 1 aliphatic rings. The molecule has 0 heterocycles. The molecular weight excluding hydrogens is 107 g/mol. The van der Waals surface area contributed by atoms with Gasteiger partial charge in [0.05, 0.1) is 12.7 Å². The Morgan fingerprint density at radius 3 is 2.75 bits per heavy atom. The van der Waals surface area contributed by atoms with E-state index >= 15 is 0 Å². The molecule has 1 rings (SSSR count). The van der Waals surface area contributed by atoms with Crippen LogP contribution in [0.5, 0.6) is 0 Å². The van der Waals surface area contributed by atoms with Crippen molar-refractivity contribution >= 4 is 0 Å². The summed E-state index contributed by atoms with van der Waals surface area (Å²) >= 11 is 0. The van der Waals surface area contributed by atoms with Crippen molar-refractivity contribution in [1.82, 2.24) is 0 Å². The van der Waals surface area contributed by atoms with Crippen molar-refractivity contribution in [2.24, 2.45) is 0 Å². The van der Waals surface area contributed by atoms with Gasteiger partial charge in [-0.05, 0) is 19.3 Å². The third kappa shape index (κ3) is 1.44. The molecule has 2 heteroatoms. The molecule has 0 atom stereocenters. The first-order chi connectivity index (χ1) is 3.93. The molecule has 0 bridgehead atoms. The summed E-state index contributed by atoms with van der Waals surface area (Å²) in [5, 5.41) is 0. The van der Waals surface area contributed by atoms with Gasteiger partial charge < -0.3 is 4.74 Å². The lowest BCUT2D eigenvalue weighted by Gasteiger charge is -2.24. The van der Waals surface area contributed by atoms with Crippen molar-refractivity contribution in [3.63, 3.8) is 0 Å². The third-order valence-corrected chi connectivity index (χ3v) is 1.45. The van der Waals surface area contributed by atoms with Crippen molar-refractivity contribution in [1.29, 1.82) is 0 Å². The Morgan fingerprint density at radius 2 is 2.38 bits per heavy atom. The van der Waals surface area contributed by atoms with Crippen LogP contribution in [0.4, 0.5) is 4.39 Å². The quantitative estimate of drug-likeness (QED) is 0.546. The lowest BCUT2D eigenvalue weighted by Crippen LogP contribution is -2.21. The van der Waals surface area contributed by atoms with Crippen LogP contribution in [0.2, 0.25) is 0 Å². The highest BCUT2D eigenvalue weighted by atomic mass is 19.1. The van der Waals surface area contributed by atoms with Crippen LogP contribution in [-0.4, -0.2) is 12.7 Å². The number of rotatable bonds is 3. The zero-order valence-corrected chi connectivity index (χ0v) is 4.77. The SMILES string of the molecule is F[CH]COC1CCC1. The van der Waals surface area contributed by atoms with Crippen molar-refractivity contribution in [2.45, 2.75) is 25.4 Å². The number of hydrogen-bond acceptors (Lipinski definition) is 1. The first-order valence-corrected chi connectivity index (χ1v) is 2.97. The Morgan fingerprint density at radius 1 is 1.62 bits per heavy atom. The molecule has 0 amide bonds. The highest BCUT2D eigenvalue weighted by Crippen LogP contribution is 2.21. The Kier molecular flexibility index (Phi) is 2.27. The number of ether oxygens (including phenoxy) is 1. The van der Waals surface area contributed by atoms with Crippen LogP contribution >= 0.6 is 0 Å². The highest BCUT2D eigenvalue weighted by Gasteiger charge is 2.16. The Bertz CT molecular complexity index is 61.5. The lowest BCUT2D eigenvalue weighted by molar-refractivity contribution is 0.00725. The maximum absolute atomic E-state index is 11.3. The summed E-state index contributed by atoms with van der Waals surface area (Å²) in [6.07, 6.45) is 3.85. The van der Waals surface area contributed by atoms with E-state index in [2.05, 4.69) is 0 Å². The molecule has 1 nitrogen and oxygen atoms in total. The molecule has 0 spiro atoms. The standard InChI is InChI=1S/C6H10FO/c7-4-5-8-6-2-1-3-6/h4,6H,1-3,5H2. The largest absolute Gasteiger partial charge is 0.375 e. The van der Waals surface area contributed by atoms with Gasteiger partial charge in [-0.2, -0.15) is 0 Å². The zero-order valence-electron chi connectivity index (χ0n) is 4.77.